The Morgan fingerprint density at radius 2 is 2.38 bits per heavy atom. The molecule has 4 heterocycles. The first-order valence-electron chi connectivity index (χ1n) is 8.12. The summed E-state index contributed by atoms with van der Waals surface area (Å²) in [4.78, 5) is 23.1. The maximum Gasteiger partial charge on any atom is 0.317 e. The summed E-state index contributed by atoms with van der Waals surface area (Å²) in [6, 6.07) is 5.87. The standard InChI is InChI=1S/C17H19N5OS/c23-17(19-10-14-12-21-6-2-1-3-15(21)20-14)22-7-4-13(11-22)9-16-18-5-8-24-16/h1-3,5-6,8,12-13H,4,7,9-11H2,(H,19,23). The molecule has 1 saturated heterocycles. The summed E-state index contributed by atoms with van der Waals surface area (Å²) in [6.45, 7) is 2.07. The van der Waals surface area contributed by atoms with Crippen LogP contribution in [0, 0.1) is 5.92 Å². The van der Waals surface area contributed by atoms with E-state index in [4.69, 9.17) is 0 Å². The molecule has 1 N–H and O–H groups in total. The Bertz CT molecular complexity index is 796. The number of pyridine rings is 1. The number of urea groups is 1. The lowest BCUT2D eigenvalue weighted by Crippen LogP contribution is -2.38. The smallest absolute Gasteiger partial charge is 0.317 e. The summed E-state index contributed by atoms with van der Waals surface area (Å²) in [5.74, 6) is 0.511. The van der Waals surface area contributed by atoms with Gasteiger partial charge >= 0.3 is 6.03 Å². The molecule has 6 nitrogen and oxygen atoms in total. The molecule has 24 heavy (non-hydrogen) atoms. The summed E-state index contributed by atoms with van der Waals surface area (Å²) in [5, 5.41) is 6.14. The first-order valence-corrected chi connectivity index (χ1v) is 8.99. The summed E-state index contributed by atoms with van der Waals surface area (Å²) >= 11 is 1.69. The Balaban J connectivity index is 1.30. The van der Waals surface area contributed by atoms with E-state index in [9.17, 15) is 4.79 Å². The first kappa shape index (κ1) is 15.1. The van der Waals surface area contributed by atoms with Gasteiger partial charge in [-0.25, -0.2) is 14.8 Å². The van der Waals surface area contributed by atoms with Crippen molar-refractivity contribution < 1.29 is 4.79 Å². The van der Waals surface area contributed by atoms with Crippen LogP contribution in [-0.4, -0.2) is 38.4 Å². The molecule has 1 atom stereocenters. The Morgan fingerprint density at radius 3 is 3.21 bits per heavy atom. The molecule has 1 fully saturated rings. The number of likely N-dealkylation sites (tertiary alicyclic amines) is 1. The van der Waals surface area contributed by atoms with Crippen LogP contribution in [0.3, 0.4) is 0 Å². The van der Waals surface area contributed by atoms with E-state index in [0.717, 1.165) is 42.3 Å². The number of rotatable bonds is 4. The number of imidazole rings is 1. The molecule has 0 aromatic carbocycles. The molecular weight excluding hydrogens is 322 g/mol. The zero-order valence-electron chi connectivity index (χ0n) is 13.3. The molecular formula is C17H19N5OS. The molecule has 1 aliphatic rings. The molecule has 0 saturated carbocycles. The van der Waals surface area contributed by atoms with E-state index in [1.165, 1.54) is 0 Å². The minimum absolute atomic E-state index is 0.00584. The van der Waals surface area contributed by atoms with Crippen molar-refractivity contribution in [2.24, 2.45) is 5.92 Å². The Kier molecular flexibility index (Phi) is 4.17. The fraction of sp³-hybridized carbons (Fsp3) is 0.353. The van der Waals surface area contributed by atoms with Crippen molar-refractivity contribution in [3.8, 4) is 0 Å². The normalized spacial score (nSPS) is 17.5. The van der Waals surface area contributed by atoms with Gasteiger partial charge in [-0.1, -0.05) is 6.07 Å². The molecule has 4 rings (SSSR count). The van der Waals surface area contributed by atoms with Gasteiger partial charge in [-0.05, 0) is 24.5 Å². The number of aromatic nitrogens is 3. The second-order valence-electron chi connectivity index (χ2n) is 6.09. The maximum atomic E-state index is 12.3. The van der Waals surface area contributed by atoms with E-state index in [1.807, 2.05) is 51.5 Å². The van der Waals surface area contributed by atoms with Crippen molar-refractivity contribution in [3.63, 3.8) is 0 Å². The maximum absolute atomic E-state index is 12.3. The monoisotopic (exact) mass is 341 g/mol. The van der Waals surface area contributed by atoms with Gasteiger partial charge in [0.2, 0.25) is 0 Å². The molecule has 0 aliphatic carbocycles. The van der Waals surface area contributed by atoms with E-state index >= 15 is 0 Å². The number of nitrogens with zero attached hydrogens (tertiary/aromatic N) is 4. The van der Waals surface area contributed by atoms with Crippen LogP contribution in [0.5, 0.6) is 0 Å². The summed E-state index contributed by atoms with van der Waals surface area (Å²) in [7, 11) is 0. The number of carbonyl (C=O) groups excluding carboxylic acids is 1. The zero-order valence-corrected chi connectivity index (χ0v) is 14.1. The van der Waals surface area contributed by atoms with Crippen molar-refractivity contribution in [3.05, 3.63) is 52.9 Å². The van der Waals surface area contributed by atoms with Crippen LogP contribution in [0.1, 0.15) is 17.1 Å². The number of thiazole rings is 1. The summed E-state index contributed by atoms with van der Waals surface area (Å²) < 4.78 is 1.96. The quantitative estimate of drug-likeness (QED) is 0.793. The first-order chi connectivity index (χ1) is 11.8. The lowest BCUT2D eigenvalue weighted by atomic mass is 10.1. The van der Waals surface area contributed by atoms with E-state index in [1.54, 1.807) is 11.3 Å². The fourth-order valence-corrected chi connectivity index (χ4v) is 3.87. The highest BCUT2D eigenvalue weighted by Gasteiger charge is 2.26. The second-order valence-corrected chi connectivity index (χ2v) is 7.07. The van der Waals surface area contributed by atoms with Gasteiger partial charge in [0.1, 0.15) is 5.65 Å². The molecule has 124 valence electrons. The van der Waals surface area contributed by atoms with Crippen molar-refractivity contribution in [1.82, 2.24) is 24.6 Å². The molecule has 7 heteroatoms. The SMILES string of the molecule is O=C(NCc1cn2ccccc2n1)N1CCC(Cc2nccs2)C1. The number of nitrogens with one attached hydrogen (secondary N) is 1. The van der Waals surface area contributed by atoms with Crippen molar-refractivity contribution in [2.75, 3.05) is 13.1 Å². The molecule has 2 amide bonds. The van der Waals surface area contributed by atoms with E-state index < -0.39 is 0 Å². The van der Waals surface area contributed by atoms with E-state index in [2.05, 4.69) is 15.3 Å². The second kappa shape index (κ2) is 6.60. The van der Waals surface area contributed by atoms with Crippen LogP contribution in [0.15, 0.2) is 42.2 Å². The third-order valence-electron chi connectivity index (χ3n) is 4.35. The van der Waals surface area contributed by atoms with Crippen LogP contribution in [0.25, 0.3) is 5.65 Å². The number of hydrogen-bond donors (Lipinski definition) is 1. The van der Waals surface area contributed by atoms with Gasteiger partial charge in [-0.15, -0.1) is 11.3 Å². The van der Waals surface area contributed by atoms with Crippen LogP contribution >= 0.6 is 11.3 Å². The summed E-state index contributed by atoms with van der Waals surface area (Å²) in [6.07, 6.45) is 7.76. The van der Waals surface area contributed by atoms with E-state index in [-0.39, 0.29) is 6.03 Å². The molecule has 0 bridgehead atoms. The molecule has 0 spiro atoms. The van der Waals surface area contributed by atoms with Crippen LogP contribution < -0.4 is 5.32 Å². The van der Waals surface area contributed by atoms with Crippen LogP contribution in [-0.2, 0) is 13.0 Å². The molecule has 1 aliphatic heterocycles. The Morgan fingerprint density at radius 1 is 1.42 bits per heavy atom. The van der Waals surface area contributed by atoms with Gasteiger partial charge in [0.25, 0.3) is 0 Å². The highest BCUT2D eigenvalue weighted by Crippen LogP contribution is 2.21. The van der Waals surface area contributed by atoms with Gasteiger partial charge in [0.15, 0.2) is 0 Å². The predicted molar refractivity (Wildman–Crippen MR) is 92.9 cm³/mol. The highest BCUT2D eigenvalue weighted by molar-refractivity contribution is 7.09. The van der Waals surface area contributed by atoms with Gasteiger partial charge in [0, 0.05) is 43.5 Å². The Labute approximate surface area is 144 Å². The van der Waals surface area contributed by atoms with Gasteiger partial charge in [-0.3, -0.25) is 0 Å². The zero-order chi connectivity index (χ0) is 16.4. The average Bonchev–Trinajstić information content (AvgIpc) is 3.33. The van der Waals surface area contributed by atoms with E-state index in [0.29, 0.717) is 12.5 Å². The number of hydrogen-bond acceptors (Lipinski definition) is 4. The molecule has 1 unspecified atom stereocenters. The lowest BCUT2D eigenvalue weighted by Gasteiger charge is -2.16. The van der Waals surface area contributed by atoms with Gasteiger partial charge in [0.05, 0.1) is 17.2 Å². The topological polar surface area (TPSA) is 62.5 Å². The fourth-order valence-electron chi connectivity index (χ4n) is 3.13. The predicted octanol–water partition coefficient (Wildman–Crippen LogP) is 2.57. The summed E-state index contributed by atoms with van der Waals surface area (Å²) in [5.41, 5.74) is 1.76. The number of amides is 2. The highest BCUT2D eigenvalue weighted by atomic mass is 32.1. The average molecular weight is 341 g/mol. The third-order valence-corrected chi connectivity index (χ3v) is 5.16. The van der Waals surface area contributed by atoms with Crippen LogP contribution in [0.2, 0.25) is 0 Å². The van der Waals surface area contributed by atoms with Crippen molar-refractivity contribution in [1.29, 1.82) is 0 Å². The van der Waals surface area contributed by atoms with Crippen molar-refractivity contribution >= 4 is 23.0 Å². The van der Waals surface area contributed by atoms with Crippen molar-refractivity contribution in [2.45, 2.75) is 19.4 Å². The van der Waals surface area contributed by atoms with Gasteiger partial charge < -0.3 is 14.6 Å². The van der Waals surface area contributed by atoms with Crippen LogP contribution in [0.4, 0.5) is 4.79 Å². The molecule has 3 aromatic heterocycles. The number of fused-ring (bicyclic) bond motifs is 1. The molecule has 3 aromatic rings. The minimum atomic E-state index is -0.00584. The third kappa shape index (κ3) is 3.26. The van der Waals surface area contributed by atoms with Gasteiger partial charge in [-0.2, -0.15) is 0 Å². The largest absolute Gasteiger partial charge is 0.332 e. The minimum Gasteiger partial charge on any atom is -0.332 e. The Hall–Kier alpha value is -2.41. The number of carbonyl (C=O) groups is 1. The molecule has 0 radical (unpaired) electrons. The lowest BCUT2D eigenvalue weighted by molar-refractivity contribution is 0.206.